The lowest BCUT2D eigenvalue weighted by atomic mass is 10.2. The predicted octanol–water partition coefficient (Wildman–Crippen LogP) is 1.71. The maximum absolute atomic E-state index is 11.8. The van der Waals surface area contributed by atoms with E-state index >= 15 is 0 Å². The maximum atomic E-state index is 11.8. The number of amides is 1. The molecule has 1 N–H and O–H groups in total. The second-order valence-electron chi connectivity index (χ2n) is 4.03. The molecule has 0 radical (unpaired) electrons. The van der Waals surface area contributed by atoms with Gasteiger partial charge in [-0.05, 0) is 25.0 Å². The van der Waals surface area contributed by atoms with Gasteiger partial charge in [-0.1, -0.05) is 11.6 Å². The summed E-state index contributed by atoms with van der Waals surface area (Å²) in [7, 11) is -2.99. The van der Waals surface area contributed by atoms with E-state index in [4.69, 9.17) is 11.6 Å². The summed E-state index contributed by atoms with van der Waals surface area (Å²) in [5, 5.41) is 2.74. The first-order valence-corrected chi connectivity index (χ1v) is 8.24. The molecular formula is C10H12ClNO3S2. The van der Waals surface area contributed by atoms with Crippen LogP contribution in [-0.2, 0) is 9.84 Å². The number of hydrogen-bond acceptors (Lipinski definition) is 4. The van der Waals surface area contributed by atoms with Crippen LogP contribution in [0.1, 0.15) is 22.5 Å². The number of rotatable bonds is 2. The molecule has 0 spiro atoms. The van der Waals surface area contributed by atoms with Gasteiger partial charge in [-0.3, -0.25) is 4.79 Å². The van der Waals surface area contributed by atoms with E-state index < -0.39 is 9.84 Å². The zero-order valence-corrected chi connectivity index (χ0v) is 11.4. The maximum Gasteiger partial charge on any atom is 0.261 e. The van der Waals surface area contributed by atoms with Crippen LogP contribution in [0.25, 0.3) is 0 Å². The van der Waals surface area contributed by atoms with Gasteiger partial charge in [-0.25, -0.2) is 8.42 Å². The molecule has 4 nitrogen and oxygen atoms in total. The second-order valence-corrected chi connectivity index (χ2v) is 7.97. The lowest BCUT2D eigenvalue weighted by Crippen LogP contribution is -2.42. The molecule has 1 fully saturated rings. The second kappa shape index (κ2) is 4.96. The average molecular weight is 294 g/mol. The molecule has 0 bridgehead atoms. The van der Waals surface area contributed by atoms with Crippen molar-refractivity contribution in [2.75, 3.05) is 11.5 Å². The fourth-order valence-electron chi connectivity index (χ4n) is 1.83. The fourth-order valence-corrected chi connectivity index (χ4v) is 4.41. The van der Waals surface area contributed by atoms with Gasteiger partial charge in [0.2, 0.25) is 0 Å². The minimum absolute atomic E-state index is 0.0395. The van der Waals surface area contributed by atoms with Crippen molar-refractivity contribution in [3.05, 3.63) is 21.3 Å². The van der Waals surface area contributed by atoms with Crippen LogP contribution in [0.15, 0.2) is 12.1 Å². The fraction of sp³-hybridized carbons (Fsp3) is 0.500. The molecule has 1 amide bonds. The molecule has 1 atom stereocenters. The van der Waals surface area contributed by atoms with Gasteiger partial charge in [0.05, 0.1) is 20.7 Å². The summed E-state index contributed by atoms with van der Waals surface area (Å²) in [6, 6.07) is 3.01. The molecule has 0 aromatic carbocycles. The third kappa shape index (κ3) is 3.43. The van der Waals surface area contributed by atoms with Crippen LogP contribution in [0.3, 0.4) is 0 Å². The monoisotopic (exact) mass is 293 g/mol. The lowest BCUT2D eigenvalue weighted by molar-refractivity contribution is 0.0942. The summed E-state index contributed by atoms with van der Waals surface area (Å²) in [5.74, 6) is 0.0196. The standard InChI is InChI=1S/C10H12ClNO3S2/c11-9-4-3-8(16-9)10(13)12-7-2-1-5-17(14,15)6-7/h3-4,7H,1-2,5-6H2,(H,12,13)/t7-/m1/s1. The van der Waals surface area contributed by atoms with Crippen molar-refractivity contribution in [3.63, 3.8) is 0 Å². The van der Waals surface area contributed by atoms with Crippen LogP contribution >= 0.6 is 22.9 Å². The Morgan fingerprint density at radius 3 is 2.82 bits per heavy atom. The van der Waals surface area contributed by atoms with Crippen LogP contribution in [0.2, 0.25) is 4.34 Å². The average Bonchev–Trinajstić information content (AvgIpc) is 2.63. The number of nitrogens with one attached hydrogen (secondary N) is 1. The first-order valence-electron chi connectivity index (χ1n) is 5.23. The molecule has 1 saturated heterocycles. The van der Waals surface area contributed by atoms with Gasteiger partial charge in [0.15, 0.2) is 9.84 Å². The molecule has 94 valence electrons. The van der Waals surface area contributed by atoms with E-state index in [1.807, 2.05) is 0 Å². The molecule has 1 aliphatic rings. The number of carbonyl (C=O) groups is 1. The van der Waals surface area contributed by atoms with Gasteiger partial charge < -0.3 is 5.32 Å². The van der Waals surface area contributed by atoms with E-state index in [9.17, 15) is 13.2 Å². The summed E-state index contributed by atoms with van der Waals surface area (Å²) in [5.41, 5.74) is 0. The van der Waals surface area contributed by atoms with Crippen LogP contribution in [0, 0.1) is 0 Å². The van der Waals surface area contributed by atoms with Gasteiger partial charge in [0.25, 0.3) is 5.91 Å². The molecule has 17 heavy (non-hydrogen) atoms. The third-order valence-electron chi connectivity index (χ3n) is 2.60. The van der Waals surface area contributed by atoms with Crippen molar-refractivity contribution < 1.29 is 13.2 Å². The zero-order valence-electron chi connectivity index (χ0n) is 8.98. The summed E-state index contributed by atoms with van der Waals surface area (Å²) in [4.78, 5) is 12.3. The molecular weight excluding hydrogens is 282 g/mol. The largest absolute Gasteiger partial charge is 0.348 e. The van der Waals surface area contributed by atoms with Crippen molar-refractivity contribution in [3.8, 4) is 0 Å². The Morgan fingerprint density at radius 1 is 1.47 bits per heavy atom. The third-order valence-corrected chi connectivity index (χ3v) is 5.65. The number of halogens is 1. The summed E-state index contributed by atoms with van der Waals surface area (Å²) in [6.07, 6.45) is 1.32. The van der Waals surface area contributed by atoms with E-state index in [1.54, 1.807) is 12.1 Å². The lowest BCUT2D eigenvalue weighted by Gasteiger charge is -2.22. The molecule has 0 aliphatic carbocycles. The molecule has 0 unspecified atom stereocenters. The Hall–Kier alpha value is -0.590. The number of thiophene rings is 1. The smallest absolute Gasteiger partial charge is 0.261 e. The highest BCUT2D eigenvalue weighted by Crippen LogP contribution is 2.21. The molecule has 1 aromatic heterocycles. The van der Waals surface area contributed by atoms with Gasteiger partial charge in [0.1, 0.15) is 0 Å². The molecule has 1 aliphatic heterocycles. The van der Waals surface area contributed by atoms with Crippen LogP contribution in [0.5, 0.6) is 0 Å². The van der Waals surface area contributed by atoms with Gasteiger partial charge in [-0.2, -0.15) is 0 Å². The molecule has 7 heteroatoms. The molecule has 2 rings (SSSR count). The first-order chi connectivity index (χ1) is 7.96. The van der Waals surface area contributed by atoms with Crippen LogP contribution < -0.4 is 5.32 Å². The Bertz CT molecular complexity index is 523. The minimum atomic E-state index is -2.99. The van der Waals surface area contributed by atoms with E-state index in [2.05, 4.69) is 5.32 Å². The van der Waals surface area contributed by atoms with E-state index in [0.29, 0.717) is 22.1 Å². The summed E-state index contributed by atoms with van der Waals surface area (Å²) >= 11 is 6.92. The highest BCUT2D eigenvalue weighted by molar-refractivity contribution is 7.91. The highest BCUT2D eigenvalue weighted by atomic mass is 35.5. The van der Waals surface area contributed by atoms with E-state index in [1.165, 1.54) is 11.3 Å². The Kier molecular flexibility index (Phi) is 3.75. The van der Waals surface area contributed by atoms with Crippen molar-refractivity contribution in [2.45, 2.75) is 18.9 Å². The molecule has 1 aromatic rings. The Labute approximate surface area is 109 Å². The Balaban J connectivity index is 1.99. The van der Waals surface area contributed by atoms with Crippen LogP contribution in [-0.4, -0.2) is 31.9 Å². The van der Waals surface area contributed by atoms with Crippen molar-refractivity contribution in [2.24, 2.45) is 0 Å². The van der Waals surface area contributed by atoms with Gasteiger partial charge >= 0.3 is 0 Å². The van der Waals surface area contributed by atoms with Crippen molar-refractivity contribution >= 4 is 38.7 Å². The number of hydrogen-bond donors (Lipinski definition) is 1. The minimum Gasteiger partial charge on any atom is -0.348 e. The van der Waals surface area contributed by atoms with Gasteiger partial charge in [0, 0.05) is 6.04 Å². The van der Waals surface area contributed by atoms with Crippen LogP contribution in [0.4, 0.5) is 0 Å². The van der Waals surface area contributed by atoms with Crippen molar-refractivity contribution in [1.29, 1.82) is 0 Å². The molecule has 2 heterocycles. The van der Waals surface area contributed by atoms with Crippen molar-refractivity contribution in [1.82, 2.24) is 5.32 Å². The number of carbonyl (C=O) groups excluding carboxylic acids is 1. The SMILES string of the molecule is O=C(N[C@@H]1CCCS(=O)(=O)C1)c1ccc(Cl)s1. The number of sulfone groups is 1. The normalized spacial score (nSPS) is 23.2. The van der Waals surface area contributed by atoms with E-state index in [0.717, 1.165) is 0 Å². The quantitative estimate of drug-likeness (QED) is 0.903. The Morgan fingerprint density at radius 2 is 2.24 bits per heavy atom. The molecule has 0 saturated carbocycles. The highest BCUT2D eigenvalue weighted by Gasteiger charge is 2.26. The zero-order chi connectivity index (χ0) is 12.5. The summed E-state index contributed by atoms with van der Waals surface area (Å²) in [6.45, 7) is 0. The first kappa shape index (κ1) is 12.9. The predicted molar refractivity (Wildman–Crippen MR) is 68.5 cm³/mol. The van der Waals surface area contributed by atoms with E-state index in [-0.39, 0.29) is 23.5 Å². The van der Waals surface area contributed by atoms with Gasteiger partial charge in [-0.15, -0.1) is 11.3 Å². The topological polar surface area (TPSA) is 63.2 Å². The summed E-state index contributed by atoms with van der Waals surface area (Å²) < 4.78 is 23.4.